The second-order valence-electron chi connectivity index (χ2n) is 9.49. The Labute approximate surface area is 228 Å². The molecule has 1 aliphatic heterocycles. The van der Waals surface area contributed by atoms with Gasteiger partial charge in [-0.3, -0.25) is 9.59 Å². The van der Waals surface area contributed by atoms with E-state index in [2.05, 4.69) is 4.57 Å². The second-order valence-corrected chi connectivity index (χ2v) is 9.93. The number of hydrogen-bond donors (Lipinski definition) is 0. The van der Waals surface area contributed by atoms with Gasteiger partial charge in [0.2, 0.25) is 0 Å². The van der Waals surface area contributed by atoms with Gasteiger partial charge >= 0.3 is 0 Å². The molecule has 38 heavy (non-hydrogen) atoms. The van der Waals surface area contributed by atoms with E-state index in [0.29, 0.717) is 48.1 Å². The van der Waals surface area contributed by atoms with E-state index in [4.69, 9.17) is 16.3 Å². The molecule has 1 aliphatic rings. The van der Waals surface area contributed by atoms with E-state index in [-0.39, 0.29) is 11.8 Å². The van der Waals surface area contributed by atoms with E-state index in [1.807, 2.05) is 103 Å². The third-order valence-corrected chi connectivity index (χ3v) is 7.35. The summed E-state index contributed by atoms with van der Waals surface area (Å²) in [4.78, 5) is 30.4. The smallest absolute Gasteiger partial charge is 0.255 e. The number of para-hydroxylation sites is 2. The predicted octanol–water partition coefficient (Wildman–Crippen LogP) is 6.02. The largest absolute Gasteiger partial charge is 0.495 e. The summed E-state index contributed by atoms with van der Waals surface area (Å²) in [6.07, 6.45) is 0. The van der Waals surface area contributed by atoms with Gasteiger partial charge in [-0.15, -0.1) is 0 Å². The maximum Gasteiger partial charge on any atom is 0.255 e. The Morgan fingerprint density at radius 1 is 0.789 bits per heavy atom. The molecule has 0 aliphatic carbocycles. The lowest BCUT2D eigenvalue weighted by molar-refractivity contribution is 0.0535. The van der Waals surface area contributed by atoms with Gasteiger partial charge in [0.1, 0.15) is 5.75 Å². The summed E-state index contributed by atoms with van der Waals surface area (Å²) in [5.41, 5.74) is 5.90. The summed E-state index contributed by atoms with van der Waals surface area (Å²) < 4.78 is 7.72. The van der Waals surface area contributed by atoms with E-state index >= 15 is 0 Å². The van der Waals surface area contributed by atoms with Crippen LogP contribution in [0.15, 0.2) is 78.9 Å². The topological polar surface area (TPSA) is 54.8 Å². The number of hydrogen-bond acceptors (Lipinski definition) is 3. The van der Waals surface area contributed by atoms with Crippen molar-refractivity contribution in [3.8, 4) is 22.7 Å². The minimum absolute atomic E-state index is 0.000583. The van der Waals surface area contributed by atoms with Crippen molar-refractivity contribution in [2.75, 3.05) is 33.3 Å². The van der Waals surface area contributed by atoms with Crippen LogP contribution in [0.3, 0.4) is 0 Å². The fourth-order valence-corrected chi connectivity index (χ4v) is 5.07. The summed E-state index contributed by atoms with van der Waals surface area (Å²) in [5.74, 6) is 0.665. The van der Waals surface area contributed by atoms with Crippen LogP contribution in [0.25, 0.3) is 16.9 Å². The number of halogens is 1. The van der Waals surface area contributed by atoms with Gasteiger partial charge in [0.25, 0.3) is 11.8 Å². The van der Waals surface area contributed by atoms with Crippen molar-refractivity contribution < 1.29 is 14.3 Å². The summed E-state index contributed by atoms with van der Waals surface area (Å²) in [7, 11) is 1.64. The van der Waals surface area contributed by atoms with Crippen LogP contribution in [0.2, 0.25) is 5.02 Å². The maximum atomic E-state index is 13.8. The standard InChI is InChI=1S/C31H30ClN3O3/c1-21-8-10-24(11-9-21)30(36)33-16-18-34(19-17-33)31(37)26-20-28(23-12-14-25(32)15-13-23)35(22(26)2)27-6-4-5-7-29(27)38-3/h4-15,20H,16-19H2,1-3H3. The molecule has 3 aromatic carbocycles. The first-order valence-corrected chi connectivity index (χ1v) is 13.0. The number of aryl methyl sites for hydroxylation is 1. The molecular formula is C31H30ClN3O3. The minimum atomic E-state index is -0.0474. The van der Waals surface area contributed by atoms with E-state index in [9.17, 15) is 9.59 Å². The van der Waals surface area contributed by atoms with Crippen molar-refractivity contribution >= 4 is 23.4 Å². The zero-order valence-corrected chi connectivity index (χ0v) is 22.5. The first kappa shape index (κ1) is 25.6. The van der Waals surface area contributed by atoms with Crippen molar-refractivity contribution in [2.24, 2.45) is 0 Å². The Kier molecular flexibility index (Phi) is 7.25. The molecule has 0 radical (unpaired) electrons. The van der Waals surface area contributed by atoms with Crippen LogP contribution in [-0.4, -0.2) is 59.5 Å². The highest BCUT2D eigenvalue weighted by atomic mass is 35.5. The molecule has 1 saturated heterocycles. The Balaban J connectivity index is 1.44. The molecule has 0 bridgehead atoms. The molecule has 6 nitrogen and oxygen atoms in total. The molecule has 0 atom stereocenters. The van der Waals surface area contributed by atoms with E-state index in [1.165, 1.54) is 0 Å². The zero-order chi connectivity index (χ0) is 26.8. The van der Waals surface area contributed by atoms with Gasteiger partial charge in [-0.25, -0.2) is 0 Å². The molecule has 2 heterocycles. The Morgan fingerprint density at radius 3 is 2.03 bits per heavy atom. The highest BCUT2D eigenvalue weighted by molar-refractivity contribution is 6.30. The second kappa shape index (κ2) is 10.8. The average Bonchev–Trinajstić information content (AvgIpc) is 3.29. The number of benzene rings is 3. The maximum absolute atomic E-state index is 13.8. The SMILES string of the molecule is COc1ccccc1-n1c(-c2ccc(Cl)cc2)cc(C(=O)N2CCN(C(=O)c3ccc(C)cc3)CC2)c1C. The number of aromatic nitrogens is 1. The highest BCUT2D eigenvalue weighted by Crippen LogP contribution is 2.34. The fraction of sp³-hybridized carbons (Fsp3) is 0.226. The first-order valence-electron chi connectivity index (χ1n) is 12.6. The van der Waals surface area contributed by atoms with Crippen LogP contribution in [0.4, 0.5) is 0 Å². The lowest BCUT2D eigenvalue weighted by Gasteiger charge is -2.35. The number of ether oxygens (including phenoxy) is 1. The van der Waals surface area contributed by atoms with Gasteiger partial charge in [0.05, 0.1) is 24.1 Å². The van der Waals surface area contributed by atoms with Crippen LogP contribution < -0.4 is 4.74 Å². The summed E-state index contributed by atoms with van der Waals surface area (Å²) >= 11 is 6.16. The predicted molar refractivity (Wildman–Crippen MR) is 150 cm³/mol. The van der Waals surface area contributed by atoms with Crippen LogP contribution in [0.5, 0.6) is 5.75 Å². The van der Waals surface area contributed by atoms with Crippen molar-refractivity contribution in [2.45, 2.75) is 13.8 Å². The van der Waals surface area contributed by atoms with Crippen LogP contribution in [0, 0.1) is 13.8 Å². The summed E-state index contributed by atoms with van der Waals surface area (Å²) in [6, 6.07) is 24.9. The molecular weight excluding hydrogens is 498 g/mol. The van der Waals surface area contributed by atoms with Gasteiger partial charge in [0.15, 0.2) is 0 Å². The number of amides is 2. The number of piperazine rings is 1. The molecule has 4 aromatic rings. The van der Waals surface area contributed by atoms with Gasteiger partial charge in [-0.1, -0.05) is 53.6 Å². The number of carbonyl (C=O) groups is 2. The van der Waals surface area contributed by atoms with Crippen LogP contribution in [0.1, 0.15) is 32.0 Å². The fourth-order valence-electron chi connectivity index (χ4n) is 4.94. The quantitative estimate of drug-likeness (QED) is 0.319. The Hall–Kier alpha value is -4.03. The molecule has 0 spiro atoms. The Bertz CT molecular complexity index is 1470. The van der Waals surface area contributed by atoms with Gasteiger partial charge in [-0.2, -0.15) is 0 Å². The van der Waals surface area contributed by atoms with Crippen LogP contribution in [-0.2, 0) is 0 Å². The average molecular weight is 528 g/mol. The van der Waals surface area contributed by atoms with Gasteiger partial charge in [0, 0.05) is 42.5 Å². The number of rotatable bonds is 5. The normalized spacial score (nSPS) is 13.5. The molecule has 0 unspecified atom stereocenters. The molecule has 1 fully saturated rings. The first-order chi connectivity index (χ1) is 18.4. The van der Waals surface area contributed by atoms with E-state index < -0.39 is 0 Å². The van der Waals surface area contributed by atoms with Crippen molar-refractivity contribution in [1.82, 2.24) is 14.4 Å². The van der Waals surface area contributed by atoms with Crippen molar-refractivity contribution in [3.63, 3.8) is 0 Å². The summed E-state index contributed by atoms with van der Waals surface area (Å²) in [5, 5.41) is 0.648. The van der Waals surface area contributed by atoms with Crippen LogP contribution >= 0.6 is 11.6 Å². The third-order valence-electron chi connectivity index (χ3n) is 7.10. The molecule has 2 amide bonds. The van der Waals surface area contributed by atoms with E-state index in [1.54, 1.807) is 7.11 Å². The van der Waals surface area contributed by atoms with Gasteiger partial charge in [-0.05, 0) is 61.9 Å². The zero-order valence-electron chi connectivity index (χ0n) is 21.8. The highest BCUT2D eigenvalue weighted by Gasteiger charge is 2.29. The summed E-state index contributed by atoms with van der Waals surface area (Å²) in [6.45, 7) is 5.90. The van der Waals surface area contributed by atoms with E-state index in [0.717, 1.165) is 28.2 Å². The number of nitrogens with zero attached hydrogens (tertiary/aromatic N) is 3. The van der Waals surface area contributed by atoms with Crippen molar-refractivity contribution in [3.05, 3.63) is 106 Å². The monoisotopic (exact) mass is 527 g/mol. The number of carbonyl (C=O) groups excluding carboxylic acids is 2. The Morgan fingerprint density at radius 2 is 1.39 bits per heavy atom. The van der Waals surface area contributed by atoms with Crippen molar-refractivity contribution in [1.29, 1.82) is 0 Å². The third kappa shape index (κ3) is 4.92. The molecule has 194 valence electrons. The molecule has 1 aromatic heterocycles. The molecule has 7 heteroatoms. The molecule has 0 N–H and O–H groups in total. The number of methoxy groups -OCH3 is 1. The van der Waals surface area contributed by atoms with Gasteiger partial charge < -0.3 is 19.1 Å². The minimum Gasteiger partial charge on any atom is -0.495 e. The lowest BCUT2D eigenvalue weighted by Crippen LogP contribution is -2.50. The molecule has 0 saturated carbocycles. The molecule has 5 rings (SSSR count). The lowest BCUT2D eigenvalue weighted by atomic mass is 10.1.